The van der Waals surface area contributed by atoms with Gasteiger partial charge in [-0.1, -0.05) is 11.6 Å². The lowest BCUT2D eigenvalue weighted by atomic mass is 10.2. The summed E-state index contributed by atoms with van der Waals surface area (Å²) < 4.78 is 5.31. The molecule has 2 rings (SSSR count). The van der Waals surface area contributed by atoms with E-state index in [1.807, 2.05) is 0 Å². The maximum absolute atomic E-state index is 11.8. The number of hydrogen-bond acceptors (Lipinski definition) is 4. The Balaban J connectivity index is 1.67. The first kappa shape index (κ1) is 16.0. The van der Waals surface area contributed by atoms with Crippen molar-refractivity contribution in [2.75, 3.05) is 32.8 Å². The average molecular weight is 313 g/mol. The lowest BCUT2D eigenvalue weighted by molar-refractivity contribution is 0.0209. The van der Waals surface area contributed by atoms with Gasteiger partial charge in [-0.3, -0.25) is 9.88 Å². The van der Waals surface area contributed by atoms with Crippen molar-refractivity contribution in [1.29, 1.82) is 0 Å². The van der Waals surface area contributed by atoms with Gasteiger partial charge < -0.3 is 15.4 Å². The molecule has 1 atom stereocenters. The predicted octanol–water partition coefficient (Wildman–Crippen LogP) is 1.25. The molecular formula is C14H21ClN4O2. The van der Waals surface area contributed by atoms with E-state index in [0.29, 0.717) is 24.2 Å². The highest BCUT2D eigenvalue weighted by Crippen LogP contribution is 2.07. The van der Waals surface area contributed by atoms with Gasteiger partial charge in [-0.25, -0.2) is 4.79 Å². The number of aromatic nitrogens is 1. The van der Waals surface area contributed by atoms with Gasteiger partial charge >= 0.3 is 6.03 Å². The third-order valence-corrected chi connectivity index (χ3v) is 3.67. The molecule has 21 heavy (non-hydrogen) atoms. The van der Waals surface area contributed by atoms with Crippen molar-refractivity contribution >= 4 is 17.6 Å². The number of ether oxygens (including phenoxy) is 1. The largest absolute Gasteiger partial charge is 0.379 e. The number of nitrogens with zero attached hydrogens (tertiary/aromatic N) is 2. The van der Waals surface area contributed by atoms with E-state index in [-0.39, 0.29) is 6.03 Å². The summed E-state index contributed by atoms with van der Waals surface area (Å²) in [7, 11) is 0. The van der Waals surface area contributed by atoms with Gasteiger partial charge in [0.2, 0.25) is 0 Å². The number of morpholine rings is 1. The fraction of sp³-hybridized carbons (Fsp3) is 0.571. The van der Waals surface area contributed by atoms with E-state index in [4.69, 9.17) is 16.3 Å². The van der Waals surface area contributed by atoms with Gasteiger partial charge in [0.15, 0.2) is 0 Å². The Morgan fingerprint density at radius 1 is 1.48 bits per heavy atom. The maximum atomic E-state index is 11.8. The van der Waals surface area contributed by atoms with Gasteiger partial charge in [0.25, 0.3) is 0 Å². The third-order valence-electron chi connectivity index (χ3n) is 3.44. The van der Waals surface area contributed by atoms with Crippen molar-refractivity contribution in [2.24, 2.45) is 0 Å². The molecule has 2 N–H and O–H groups in total. The van der Waals surface area contributed by atoms with E-state index < -0.39 is 0 Å². The second kappa shape index (κ2) is 8.17. The molecule has 0 bridgehead atoms. The molecule has 1 aromatic rings. The first-order valence-corrected chi connectivity index (χ1v) is 7.47. The molecule has 1 saturated heterocycles. The summed E-state index contributed by atoms with van der Waals surface area (Å²) in [5.41, 5.74) is 0.735. The molecule has 1 aliphatic rings. The number of nitrogens with one attached hydrogen (secondary N) is 2. The maximum Gasteiger partial charge on any atom is 0.315 e. The van der Waals surface area contributed by atoms with Crippen molar-refractivity contribution in [3.8, 4) is 0 Å². The molecule has 2 heterocycles. The van der Waals surface area contributed by atoms with E-state index in [9.17, 15) is 4.79 Å². The van der Waals surface area contributed by atoms with Gasteiger partial charge in [0, 0.05) is 36.9 Å². The van der Waals surface area contributed by atoms with Gasteiger partial charge in [-0.2, -0.15) is 0 Å². The standard InChI is InChI=1S/C14H21ClN4O2/c1-11(19-4-6-21-7-5-19)9-17-14(20)18-10-13-8-12(15)2-3-16-13/h2-3,8,11H,4-7,9-10H2,1H3,(H2,17,18,20)/t11-/m0/s1. The predicted molar refractivity (Wildman–Crippen MR) is 81.3 cm³/mol. The van der Waals surface area contributed by atoms with Gasteiger partial charge in [0.05, 0.1) is 25.5 Å². The smallest absolute Gasteiger partial charge is 0.315 e. The second-order valence-electron chi connectivity index (χ2n) is 5.03. The Kier molecular flexibility index (Phi) is 6.22. The zero-order valence-corrected chi connectivity index (χ0v) is 12.9. The van der Waals surface area contributed by atoms with E-state index in [0.717, 1.165) is 32.0 Å². The van der Waals surface area contributed by atoms with Gasteiger partial charge in [-0.05, 0) is 19.1 Å². The number of amides is 2. The van der Waals surface area contributed by atoms with Crippen molar-refractivity contribution in [1.82, 2.24) is 20.5 Å². The lowest BCUT2D eigenvalue weighted by Gasteiger charge is -2.32. The van der Waals surface area contributed by atoms with Crippen LogP contribution in [0.4, 0.5) is 4.79 Å². The van der Waals surface area contributed by atoms with Crippen LogP contribution in [0.5, 0.6) is 0 Å². The molecule has 2 amide bonds. The number of halogens is 1. The van der Waals surface area contributed by atoms with Crippen LogP contribution in [0.3, 0.4) is 0 Å². The molecule has 0 aliphatic carbocycles. The Hall–Kier alpha value is -1.37. The SMILES string of the molecule is C[C@@H](CNC(=O)NCc1cc(Cl)ccn1)N1CCOCC1. The van der Waals surface area contributed by atoms with Crippen LogP contribution in [0, 0.1) is 0 Å². The van der Waals surface area contributed by atoms with Gasteiger partial charge in [0.1, 0.15) is 0 Å². The Morgan fingerprint density at radius 3 is 2.95 bits per heavy atom. The zero-order valence-electron chi connectivity index (χ0n) is 12.1. The zero-order chi connectivity index (χ0) is 15.1. The van der Waals surface area contributed by atoms with E-state index >= 15 is 0 Å². The molecule has 1 fully saturated rings. The quantitative estimate of drug-likeness (QED) is 0.859. The normalized spacial score (nSPS) is 17.2. The fourth-order valence-corrected chi connectivity index (χ4v) is 2.35. The van der Waals surface area contributed by atoms with Crippen molar-refractivity contribution in [3.63, 3.8) is 0 Å². The molecule has 0 spiro atoms. The summed E-state index contributed by atoms with van der Waals surface area (Å²) in [5, 5.41) is 6.26. The number of carbonyl (C=O) groups is 1. The van der Waals surface area contributed by atoms with Crippen LogP contribution in [0.2, 0.25) is 5.02 Å². The average Bonchev–Trinajstić information content (AvgIpc) is 2.51. The van der Waals surface area contributed by atoms with Crippen LogP contribution >= 0.6 is 11.6 Å². The summed E-state index contributed by atoms with van der Waals surface area (Å²) in [6.07, 6.45) is 1.62. The van der Waals surface area contributed by atoms with Crippen LogP contribution in [0.15, 0.2) is 18.3 Å². The Labute approximate surface area is 129 Å². The van der Waals surface area contributed by atoms with Crippen molar-refractivity contribution < 1.29 is 9.53 Å². The summed E-state index contributed by atoms with van der Waals surface area (Å²) in [6.45, 7) is 6.42. The fourth-order valence-electron chi connectivity index (χ4n) is 2.17. The summed E-state index contributed by atoms with van der Waals surface area (Å²) in [6, 6.07) is 3.54. The molecular weight excluding hydrogens is 292 g/mol. The topological polar surface area (TPSA) is 66.5 Å². The highest BCUT2D eigenvalue weighted by molar-refractivity contribution is 6.30. The monoisotopic (exact) mass is 312 g/mol. The molecule has 0 saturated carbocycles. The summed E-state index contributed by atoms with van der Waals surface area (Å²) >= 11 is 5.86. The molecule has 0 radical (unpaired) electrons. The second-order valence-corrected chi connectivity index (χ2v) is 5.46. The van der Waals surface area contributed by atoms with E-state index in [2.05, 4.69) is 27.4 Å². The minimum absolute atomic E-state index is 0.197. The molecule has 0 aromatic carbocycles. The molecule has 1 aromatic heterocycles. The number of carbonyl (C=O) groups excluding carboxylic acids is 1. The van der Waals surface area contributed by atoms with E-state index in [1.165, 1.54) is 0 Å². The summed E-state index contributed by atoms with van der Waals surface area (Å²) in [4.78, 5) is 18.2. The summed E-state index contributed by atoms with van der Waals surface area (Å²) in [5.74, 6) is 0. The number of rotatable bonds is 5. The lowest BCUT2D eigenvalue weighted by Crippen LogP contribution is -2.48. The molecule has 116 valence electrons. The molecule has 1 aliphatic heterocycles. The van der Waals surface area contributed by atoms with E-state index in [1.54, 1.807) is 18.3 Å². The first-order chi connectivity index (χ1) is 10.1. The minimum Gasteiger partial charge on any atom is -0.379 e. The van der Waals surface area contributed by atoms with Crippen LogP contribution in [-0.4, -0.2) is 54.8 Å². The minimum atomic E-state index is -0.197. The number of urea groups is 1. The number of pyridine rings is 1. The van der Waals surface area contributed by atoms with Crippen LogP contribution in [0.1, 0.15) is 12.6 Å². The molecule has 7 heteroatoms. The van der Waals surface area contributed by atoms with Crippen LogP contribution < -0.4 is 10.6 Å². The van der Waals surface area contributed by atoms with Crippen molar-refractivity contribution in [2.45, 2.75) is 19.5 Å². The van der Waals surface area contributed by atoms with Crippen LogP contribution in [-0.2, 0) is 11.3 Å². The third kappa shape index (κ3) is 5.49. The Bertz CT molecular complexity index is 466. The molecule has 6 nitrogen and oxygen atoms in total. The van der Waals surface area contributed by atoms with Crippen LogP contribution in [0.25, 0.3) is 0 Å². The highest BCUT2D eigenvalue weighted by Gasteiger charge is 2.17. The van der Waals surface area contributed by atoms with Crippen molar-refractivity contribution in [3.05, 3.63) is 29.0 Å². The van der Waals surface area contributed by atoms with Gasteiger partial charge in [-0.15, -0.1) is 0 Å². The first-order valence-electron chi connectivity index (χ1n) is 7.09. The Morgan fingerprint density at radius 2 is 2.24 bits per heavy atom. The number of hydrogen-bond donors (Lipinski definition) is 2. The highest BCUT2D eigenvalue weighted by atomic mass is 35.5. The molecule has 0 unspecified atom stereocenters.